The van der Waals surface area contributed by atoms with E-state index < -0.39 is 0 Å². The van der Waals surface area contributed by atoms with E-state index in [1.807, 2.05) is 31.2 Å². The topological polar surface area (TPSA) is 46.6 Å². The van der Waals surface area contributed by atoms with Crippen LogP contribution in [0.1, 0.15) is 11.1 Å². The number of imide groups is 1. The van der Waals surface area contributed by atoms with Gasteiger partial charge in [0.2, 0.25) is 0 Å². The summed E-state index contributed by atoms with van der Waals surface area (Å²) in [5.74, 6) is 0.377. The second-order valence-electron chi connectivity index (χ2n) is 5.13. The first-order valence-electron chi connectivity index (χ1n) is 7.07. The van der Waals surface area contributed by atoms with Crippen molar-refractivity contribution in [1.29, 1.82) is 0 Å². The quantitative estimate of drug-likeness (QED) is 0.792. The monoisotopic (exact) mass is 325 g/mol. The largest absolute Gasteiger partial charge is 0.497 e. The highest BCUT2D eigenvalue weighted by atomic mass is 32.2. The van der Waals surface area contributed by atoms with Crippen LogP contribution >= 0.6 is 11.8 Å². The van der Waals surface area contributed by atoms with Crippen LogP contribution in [0.4, 0.5) is 10.5 Å². The molecule has 1 heterocycles. The highest BCUT2D eigenvalue weighted by Crippen LogP contribution is 2.36. The minimum Gasteiger partial charge on any atom is -0.497 e. The van der Waals surface area contributed by atoms with Crippen LogP contribution in [-0.2, 0) is 4.79 Å². The van der Waals surface area contributed by atoms with E-state index in [1.165, 1.54) is 4.90 Å². The third-order valence-electron chi connectivity index (χ3n) is 3.50. The van der Waals surface area contributed by atoms with Gasteiger partial charge in [0.25, 0.3) is 11.1 Å². The van der Waals surface area contributed by atoms with Gasteiger partial charge in [-0.15, -0.1) is 0 Å². The number of ether oxygens (including phenoxy) is 1. The molecule has 2 aromatic rings. The maximum Gasteiger partial charge on any atom is 0.298 e. The molecule has 0 bridgehead atoms. The molecule has 4 nitrogen and oxygen atoms in total. The summed E-state index contributed by atoms with van der Waals surface area (Å²) in [6.07, 6.45) is 1.74. The number of carbonyl (C=O) groups excluding carboxylic acids is 2. The lowest BCUT2D eigenvalue weighted by atomic mass is 10.1. The van der Waals surface area contributed by atoms with Gasteiger partial charge in [-0.3, -0.25) is 9.59 Å². The maximum absolute atomic E-state index is 12.5. The minimum atomic E-state index is -0.300. The molecule has 23 heavy (non-hydrogen) atoms. The molecule has 0 atom stereocenters. The summed E-state index contributed by atoms with van der Waals surface area (Å²) < 4.78 is 5.09. The summed E-state index contributed by atoms with van der Waals surface area (Å²) in [6, 6.07) is 14.6. The fraction of sp³-hybridized carbons (Fsp3) is 0.111. The molecule has 0 aliphatic carbocycles. The van der Waals surface area contributed by atoms with E-state index in [9.17, 15) is 9.59 Å². The fourth-order valence-corrected chi connectivity index (χ4v) is 3.08. The van der Waals surface area contributed by atoms with Crippen LogP contribution in [0.3, 0.4) is 0 Å². The molecule has 1 saturated heterocycles. The number of nitrogens with zero attached hydrogens (tertiary/aromatic N) is 1. The lowest BCUT2D eigenvalue weighted by molar-refractivity contribution is -0.113. The summed E-state index contributed by atoms with van der Waals surface area (Å²) in [6.45, 7) is 2.00. The van der Waals surface area contributed by atoms with Gasteiger partial charge in [-0.25, -0.2) is 4.90 Å². The summed E-state index contributed by atoms with van der Waals surface area (Å²) >= 11 is 0.953. The van der Waals surface area contributed by atoms with Gasteiger partial charge < -0.3 is 4.74 Å². The number of amides is 2. The minimum absolute atomic E-state index is 0.293. The van der Waals surface area contributed by atoms with Crippen molar-refractivity contribution in [2.45, 2.75) is 6.92 Å². The van der Waals surface area contributed by atoms with Gasteiger partial charge >= 0.3 is 0 Å². The van der Waals surface area contributed by atoms with Crippen LogP contribution in [0.15, 0.2) is 53.4 Å². The molecular formula is C18H15NO3S. The van der Waals surface area contributed by atoms with Crippen molar-refractivity contribution >= 4 is 34.7 Å². The van der Waals surface area contributed by atoms with Crippen molar-refractivity contribution in [2.75, 3.05) is 12.0 Å². The smallest absolute Gasteiger partial charge is 0.298 e. The first kappa shape index (κ1) is 15.4. The summed E-state index contributed by atoms with van der Waals surface area (Å²) in [4.78, 5) is 26.3. The van der Waals surface area contributed by atoms with Crippen LogP contribution in [-0.4, -0.2) is 18.3 Å². The summed E-state index contributed by atoms with van der Waals surface area (Å²) in [5, 5.41) is -0.293. The molecule has 2 amide bonds. The molecule has 5 heteroatoms. The molecule has 1 fully saturated rings. The standard InChI is InChI=1S/C18H15NO3S/c1-12-3-5-13(6-4-12)11-16-17(20)19(18(21)23-16)14-7-9-15(22-2)10-8-14/h3-11H,1-2H3/b16-11-. The second kappa shape index (κ2) is 6.30. The molecule has 1 aliphatic rings. The Balaban J connectivity index is 1.88. The Morgan fingerprint density at radius 3 is 2.26 bits per heavy atom. The van der Waals surface area contributed by atoms with Gasteiger partial charge in [-0.2, -0.15) is 0 Å². The Labute approximate surface area is 138 Å². The zero-order chi connectivity index (χ0) is 16.4. The first-order valence-corrected chi connectivity index (χ1v) is 7.89. The Kier molecular flexibility index (Phi) is 4.21. The molecule has 116 valence electrons. The SMILES string of the molecule is COc1ccc(N2C(=O)S/C(=C\c3ccc(C)cc3)C2=O)cc1. The lowest BCUT2D eigenvalue weighted by Gasteiger charge is -2.12. The van der Waals surface area contributed by atoms with Crippen molar-refractivity contribution < 1.29 is 14.3 Å². The molecule has 0 saturated carbocycles. The highest BCUT2D eigenvalue weighted by Gasteiger charge is 2.36. The van der Waals surface area contributed by atoms with Crippen LogP contribution in [0, 0.1) is 6.92 Å². The van der Waals surface area contributed by atoms with Gasteiger partial charge in [0.1, 0.15) is 5.75 Å². The van der Waals surface area contributed by atoms with Gasteiger partial charge in [-0.05, 0) is 54.6 Å². The number of carbonyl (C=O) groups is 2. The van der Waals surface area contributed by atoms with Crippen LogP contribution in [0.2, 0.25) is 0 Å². The molecule has 2 aromatic carbocycles. The number of methoxy groups -OCH3 is 1. The van der Waals surface area contributed by atoms with Gasteiger partial charge in [0.05, 0.1) is 17.7 Å². The third-order valence-corrected chi connectivity index (χ3v) is 4.37. The molecule has 3 rings (SSSR count). The van der Waals surface area contributed by atoms with Crippen molar-refractivity contribution in [3.8, 4) is 5.75 Å². The zero-order valence-corrected chi connectivity index (χ0v) is 13.6. The van der Waals surface area contributed by atoms with E-state index in [2.05, 4.69) is 0 Å². The van der Waals surface area contributed by atoms with Crippen LogP contribution < -0.4 is 9.64 Å². The van der Waals surface area contributed by atoms with Crippen molar-refractivity contribution in [2.24, 2.45) is 0 Å². The molecule has 0 spiro atoms. The van der Waals surface area contributed by atoms with Gasteiger partial charge in [0, 0.05) is 0 Å². The molecule has 0 aromatic heterocycles. The lowest BCUT2D eigenvalue weighted by Crippen LogP contribution is -2.27. The predicted molar refractivity (Wildman–Crippen MR) is 92.6 cm³/mol. The number of thioether (sulfide) groups is 1. The Bertz CT molecular complexity index is 779. The normalized spacial score (nSPS) is 16.3. The number of benzene rings is 2. The van der Waals surface area contributed by atoms with E-state index in [0.29, 0.717) is 16.3 Å². The van der Waals surface area contributed by atoms with E-state index in [1.54, 1.807) is 37.5 Å². The van der Waals surface area contributed by atoms with E-state index in [0.717, 1.165) is 22.9 Å². The number of hydrogen-bond donors (Lipinski definition) is 0. The number of hydrogen-bond acceptors (Lipinski definition) is 4. The van der Waals surface area contributed by atoms with Crippen LogP contribution in [0.5, 0.6) is 5.75 Å². The van der Waals surface area contributed by atoms with Crippen molar-refractivity contribution in [3.05, 3.63) is 64.6 Å². The number of rotatable bonds is 3. The van der Waals surface area contributed by atoms with E-state index >= 15 is 0 Å². The Hall–Kier alpha value is -2.53. The van der Waals surface area contributed by atoms with Crippen molar-refractivity contribution in [3.63, 3.8) is 0 Å². The summed E-state index contributed by atoms with van der Waals surface area (Å²) in [7, 11) is 1.57. The molecular weight excluding hydrogens is 310 g/mol. The molecule has 0 N–H and O–H groups in total. The molecule has 1 aliphatic heterocycles. The van der Waals surface area contributed by atoms with E-state index in [-0.39, 0.29) is 11.1 Å². The third kappa shape index (κ3) is 3.14. The number of aryl methyl sites for hydroxylation is 1. The highest BCUT2D eigenvalue weighted by molar-refractivity contribution is 8.19. The van der Waals surface area contributed by atoms with E-state index in [4.69, 9.17) is 4.74 Å². The molecule has 0 unspecified atom stereocenters. The van der Waals surface area contributed by atoms with Crippen LogP contribution in [0.25, 0.3) is 6.08 Å². The summed E-state index contributed by atoms with van der Waals surface area (Å²) in [5.41, 5.74) is 2.59. The van der Waals surface area contributed by atoms with Gasteiger partial charge in [0.15, 0.2) is 0 Å². The second-order valence-corrected chi connectivity index (χ2v) is 6.12. The van der Waals surface area contributed by atoms with Crippen molar-refractivity contribution in [1.82, 2.24) is 0 Å². The number of anilines is 1. The molecule has 0 radical (unpaired) electrons. The average Bonchev–Trinajstić information content (AvgIpc) is 2.84. The predicted octanol–water partition coefficient (Wildman–Crippen LogP) is 4.24. The zero-order valence-electron chi connectivity index (χ0n) is 12.8. The fourth-order valence-electron chi connectivity index (χ4n) is 2.24. The first-order chi connectivity index (χ1) is 11.1. The average molecular weight is 325 g/mol. The maximum atomic E-state index is 12.5. The Morgan fingerprint density at radius 2 is 1.65 bits per heavy atom. The Morgan fingerprint density at radius 1 is 1.00 bits per heavy atom. The van der Waals surface area contributed by atoms with Gasteiger partial charge in [-0.1, -0.05) is 29.8 Å².